The highest BCUT2D eigenvalue weighted by molar-refractivity contribution is 7.72. The van der Waals surface area contributed by atoms with Crippen LogP contribution < -0.4 is 5.32 Å². The Labute approximate surface area is 97.7 Å². The molecule has 0 unspecified atom stereocenters. The monoisotopic (exact) mass is 290 g/mol. The van der Waals surface area contributed by atoms with Gasteiger partial charge >= 0.3 is 15.2 Å². The van der Waals surface area contributed by atoms with Gasteiger partial charge in [0.2, 0.25) is 0 Å². The van der Waals surface area contributed by atoms with E-state index in [1.807, 2.05) is 0 Å². The molecule has 0 saturated heterocycles. The van der Waals surface area contributed by atoms with Crippen molar-refractivity contribution in [1.29, 1.82) is 5.41 Å². The predicted molar refractivity (Wildman–Crippen MR) is 59.7 cm³/mol. The minimum Gasteiger partial charge on any atom is -0.374 e. The molecule has 9 nitrogen and oxygen atoms in total. The summed E-state index contributed by atoms with van der Waals surface area (Å²) in [6.07, 6.45) is -0.547. The zero-order valence-electron chi connectivity index (χ0n) is 9.07. The third-order valence-corrected chi connectivity index (χ3v) is 5.96. The van der Waals surface area contributed by atoms with Crippen LogP contribution in [0.25, 0.3) is 0 Å². The highest BCUT2D eigenvalue weighted by Gasteiger charge is 2.58. The first-order chi connectivity index (χ1) is 7.45. The fraction of sp³-hybridized carbons (Fsp3) is 0.833. The van der Waals surface area contributed by atoms with Crippen LogP contribution in [0.5, 0.6) is 0 Å². The number of aliphatic hydroxyl groups is 1. The van der Waals surface area contributed by atoms with E-state index in [9.17, 15) is 14.2 Å². The molecule has 0 radical (unpaired) electrons. The van der Waals surface area contributed by atoms with Gasteiger partial charge in [-0.1, -0.05) is 6.92 Å². The van der Waals surface area contributed by atoms with E-state index in [-0.39, 0.29) is 12.4 Å². The Morgan fingerprint density at radius 3 is 1.94 bits per heavy atom. The van der Waals surface area contributed by atoms with Crippen molar-refractivity contribution >= 4 is 21.0 Å². The van der Waals surface area contributed by atoms with Gasteiger partial charge in [-0.3, -0.25) is 14.5 Å². The molecule has 0 aromatic heterocycles. The van der Waals surface area contributed by atoms with Crippen LogP contribution in [0.15, 0.2) is 0 Å². The summed E-state index contributed by atoms with van der Waals surface area (Å²) in [5.41, 5.74) is 0. The molecule has 0 aliphatic rings. The molecule has 0 amide bonds. The fourth-order valence-electron chi connectivity index (χ4n) is 0.967. The molecule has 0 aliphatic heterocycles. The zero-order chi connectivity index (χ0) is 13.9. The minimum absolute atomic E-state index is 0.0313. The second-order valence-electron chi connectivity index (χ2n) is 3.37. The van der Waals surface area contributed by atoms with Crippen LogP contribution in [-0.2, 0) is 9.13 Å². The van der Waals surface area contributed by atoms with E-state index in [2.05, 4.69) is 5.32 Å². The third kappa shape index (κ3) is 4.15. The van der Waals surface area contributed by atoms with Crippen molar-refractivity contribution in [1.82, 2.24) is 5.32 Å². The molecule has 11 heteroatoms. The molecule has 0 spiro atoms. The summed E-state index contributed by atoms with van der Waals surface area (Å²) in [7, 11) is -10.8. The number of nitrogens with one attached hydrogen (secondary N) is 2. The Kier molecular flexibility index (Phi) is 5.49. The summed E-state index contributed by atoms with van der Waals surface area (Å²) in [6.45, 7) is 1.31. The van der Waals surface area contributed by atoms with Gasteiger partial charge in [0.05, 0.1) is 5.84 Å². The van der Waals surface area contributed by atoms with E-state index in [4.69, 9.17) is 25.0 Å². The maximum absolute atomic E-state index is 10.9. The van der Waals surface area contributed by atoms with Gasteiger partial charge in [-0.25, -0.2) is 0 Å². The average molecular weight is 290 g/mol. The van der Waals surface area contributed by atoms with Gasteiger partial charge in [-0.2, -0.15) is 0 Å². The van der Waals surface area contributed by atoms with E-state index in [0.717, 1.165) is 0 Å². The number of rotatable bonds is 6. The molecular formula is C6H16N2O7P2. The zero-order valence-corrected chi connectivity index (χ0v) is 10.9. The van der Waals surface area contributed by atoms with Crippen LogP contribution in [-0.4, -0.2) is 42.1 Å². The number of hydrogen-bond donors (Lipinski definition) is 7. The second-order valence-corrected chi connectivity index (χ2v) is 7.38. The summed E-state index contributed by atoms with van der Waals surface area (Å²) in [6, 6.07) is 0. The Morgan fingerprint density at radius 1 is 1.24 bits per heavy atom. The molecule has 0 atom stereocenters. The smallest absolute Gasteiger partial charge is 0.369 e. The topological polar surface area (TPSA) is 171 Å². The van der Waals surface area contributed by atoms with Crippen LogP contribution in [0.1, 0.15) is 19.8 Å². The van der Waals surface area contributed by atoms with E-state index in [1.54, 1.807) is 6.92 Å². The lowest BCUT2D eigenvalue weighted by Crippen LogP contribution is -2.34. The lowest BCUT2D eigenvalue weighted by Gasteiger charge is -2.29. The average Bonchev–Trinajstić information content (AvgIpc) is 2.13. The van der Waals surface area contributed by atoms with Gasteiger partial charge in [-0.15, -0.1) is 0 Å². The van der Waals surface area contributed by atoms with E-state index >= 15 is 0 Å². The van der Waals surface area contributed by atoms with Crippen LogP contribution >= 0.6 is 15.2 Å². The summed E-state index contributed by atoms with van der Waals surface area (Å²) < 4.78 is 21.8. The highest BCUT2D eigenvalue weighted by Crippen LogP contribution is 2.68. The SMILES string of the molecule is CCC(=N)NCCC(O)(P(=O)(O)O)P(=O)(O)O. The van der Waals surface area contributed by atoms with Crippen molar-refractivity contribution in [2.75, 3.05) is 6.54 Å². The third-order valence-electron chi connectivity index (χ3n) is 2.09. The van der Waals surface area contributed by atoms with Crippen LogP contribution in [0.4, 0.5) is 0 Å². The van der Waals surface area contributed by atoms with Gasteiger partial charge in [0.1, 0.15) is 0 Å². The van der Waals surface area contributed by atoms with E-state index in [1.165, 1.54) is 0 Å². The first kappa shape index (κ1) is 16.7. The van der Waals surface area contributed by atoms with Crippen molar-refractivity contribution in [3.8, 4) is 0 Å². The van der Waals surface area contributed by atoms with E-state index < -0.39 is 26.7 Å². The Balaban J connectivity index is 4.84. The van der Waals surface area contributed by atoms with Crippen LogP contribution in [0.3, 0.4) is 0 Å². The lowest BCUT2D eigenvalue weighted by molar-refractivity contribution is 0.124. The van der Waals surface area contributed by atoms with Gasteiger partial charge in [0.15, 0.2) is 0 Å². The Hall–Kier alpha value is -0.270. The Bertz CT molecular complexity index is 351. The minimum atomic E-state index is -5.40. The highest BCUT2D eigenvalue weighted by atomic mass is 31.2. The molecule has 0 aliphatic carbocycles. The first-order valence-corrected chi connectivity index (χ1v) is 7.83. The molecule has 0 aromatic rings. The molecular weight excluding hydrogens is 274 g/mol. The second kappa shape index (κ2) is 5.58. The molecule has 17 heavy (non-hydrogen) atoms. The maximum Gasteiger partial charge on any atom is 0.369 e. The maximum atomic E-state index is 10.9. The summed E-state index contributed by atoms with van der Waals surface area (Å²) >= 11 is 0. The first-order valence-electron chi connectivity index (χ1n) is 4.60. The number of amidine groups is 1. The molecule has 0 saturated carbocycles. The van der Waals surface area contributed by atoms with Crippen molar-refractivity contribution in [3.63, 3.8) is 0 Å². The number of hydrogen-bond acceptors (Lipinski definition) is 4. The summed E-state index contributed by atoms with van der Waals surface area (Å²) in [5, 5.41) is 15.6. The van der Waals surface area contributed by atoms with Gasteiger partial charge in [-0.05, 0) is 0 Å². The molecule has 0 rings (SSSR count). The fourth-order valence-corrected chi connectivity index (χ4v) is 3.13. The summed E-state index contributed by atoms with van der Waals surface area (Å²) in [4.78, 5) is 35.1. The van der Waals surface area contributed by atoms with Gasteiger partial charge in [0.25, 0.3) is 5.08 Å². The quantitative estimate of drug-likeness (QED) is 0.192. The van der Waals surface area contributed by atoms with Crippen molar-refractivity contribution in [3.05, 3.63) is 0 Å². The molecule has 102 valence electrons. The summed E-state index contributed by atoms with van der Waals surface area (Å²) in [5.74, 6) is 0.0313. The normalized spacial score (nSPS) is 13.5. The standard InChI is InChI=1S/C6H16N2O7P2/c1-2-5(7)8-4-3-6(9,16(10,11)12)17(13,14)15/h9H,2-4H2,1H3,(H2,7,8)(H2,10,11,12)(H2,13,14,15). The molecule has 0 aromatic carbocycles. The molecule has 0 heterocycles. The van der Waals surface area contributed by atoms with Crippen LogP contribution in [0, 0.1) is 5.41 Å². The van der Waals surface area contributed by atoms with E-state index in [0.29, 0.717) is 6.42 Å². The van der Waals surface area contributed by atoms with Gasteiger partial charge in [0, 0.05) is 19.4 Å². The molecule has 7 N–H and O–H groups in total. The van der Waals surface area contributed by atoms with Crippen molar-refractivity contribution in [2.24, 2.45) is 0 Å². The van der Waals surface area contributed by atoms with Crippen molar-refractivity contribution in [2.45, 2.75) is 24.8 Å². The van der Waals surface area contributed by atoms with Crippen LogP contribution in [0.2, 0.25) is 0 Å². The molecule has 0 bridgehead atoms. The van der Waals surface area contributed by atoms with Gasteiger partial charge < -0.3 is 30.0 Å². The van der Waals surface area contributed by atoms with Crippen molar-refractivity contribution < 1.29 is 33.8 Å². The predicted octanol–water partition coefficient (Wildman–Crippen LogP) is -0.645. The molecule has 0 fully saturated rings. The largest absolute Gasteiger partial charge is 0.374 e. The Morgan fingerprint density at radius 2 is 1.65 bits per heavy atom. The lowest BCUT2D eigenvalue weighted by atomic mass is 10.4.